The number of anilines is 1. The maximum absolute atomic E-state index is 12.5. The summed E-state index contributed by atoms with van der Waals surface area (Å²) in [5.41, 5.74) is 4.39. The fourth-order valence-corrected chi connectivity index (χ4v) is 4.40. The highest BCUT2D eigenvalue weighted by Crippen LogP contribution is 2.33. The van der Waals surface area contributed by atoms with Crippen LogP contribution in [0.3, 0.4) is 0 Å². The van der Waals surface area contributed by atoms with Crippen molar-refractivity contribution in [2.75, 3.05) is 11.1 Å². The van der Waals surface area contributed by atoms with E-state index in [1.165, 1.54) is 11.8 Å². The van der Waals surface area contributed by atoms with Gasteiger partial charge in [0, 0.05) is 22.0 Å². The number of rotatable bonds is 6. The largest absolute Gasteiger partial charge is 0.325 e. The van der Waals surface area contributed by atoms with Gasteiger partial charge in [-0.15, -0.1) is 0 Å². The van der Waals surface area contributed by atoms with Crippen LogP contribution >= 0.6 is 46.6 Å². The molecular formula is C24H18Cl3N3OS. The Morgan fingerprint density at radius 2 is 1.78 bits per heavy atom. The Balaban J connectivity index is 1.63. The number of aryl methyl sites for hydroxylation is 1. The lowest BCUT2D eigenvalue weighted by Gasteiger charge is -2.13. The lowest BCUT2D eigenvalue weighted by Crippen LogP contribution is -2.14. The number of thioether (sulfide) groups is 1. The molecule has 1 heterocycles. The molecule has 0 aliphatic carbocycles. The zero-order chi connectivity index (χ0) is 22.7. The monoisotopic (exact) mass is 501 g/mol. The third kappa shape index (κ3) is 5.30. The van der Waals surface area contributed by atoms with E-state index >= 15 is 0 Å². The van der Waals surface area contributed by atoms with E-state index in [1.807, 2.05) is 66.1 Å². The van der Waals surface area contributed by atoms with Crippen molar-refractivity contribution < 1.29 is 4.79 Å². The summed E-state index contributed by atoms with van der Waals surface area (Å²) in [5.74, 6) is 0.0855. The molecule has 0 radical (unpaired) electrons. The van der Waals surface area contributed by atoms with Gasteiger partial charge < -0.3 is 5.32 Å². The lowest BCUT2D eigenvalue weighted by atomic mass is 10.1. The summed E-state index contributed by atoms with van der Waals surface area (Å²) >= 11 is 19.9. The number of carbonyl (C=O) groups excluding carboxylic acids is 1. The smallest absolute Gasteiger partial charge is 0.234 e. The molecule has 32 heavy (non-hydrogen) atoms. The van der Waals surface area contributed by atoms with Crippen LogP contribution < -0.4 is 5.32 Å². The molecule has 162 valence electrons. The number of carbonyl (C=O) groups is 1. The summed E-state index contributed by atoms with van der Waals surface area (Å²) in [5, 5.41) is 5.10. The van der Waals surface area contributed by atoms with Crippen LogP contribution in [-0.4, -0.2) is 21.2 Å². The molecule has 0 fully saturated rings. The van der Waals surface area contributed by atoms with Gasteiger partial charge in [-0.25, -0.2) is 4.98 Å². The van der Waals surface area contributed by atoms with Crippen LogP contribution in [0.15, 0.2) is 78.1 Å². The third-order valence-electron chi connectivity index (χ3n) is 4.68. The van der Waals surface area contributed by atoms with Gasteiger partial charge in [0.2, 0.25) is 5.91 Å². The molecule has 1 N–H and O–H groups in total. The molecule has 1 aromatic heterocycles. The van der Waals surface area contributed by atoms with E-state index in [9.17, 15) is 4.79 Å². The molecule has 0 aliphatic rings. The number of hydrogen-bond donors (Lipinski definition) is 1. The van der Waals surface area contributed by atoms with Crippen molar-refractivity contribution in [2.45, 2.75) is 12.1 Å². The van der Waals surface area contributed by atoms with E-state index < -0.39 is 0 Å². The predicted octanol–water partition coefficient (Wildman–Crippen LogP) is 7.54. The van der Waals surface area contributed by atoms with Gasteiger partial charge in [0.05, 0.1) is 27.7 Å². The second-order valence-corrected chi connectivity index (χ2v) is 9.27. The highest BCUT2D eigenvalue weighted by atomic mass is 35.5. The number of nitrogens with one attached hydrogen (secondary N) is 1. The Bertz CT molecular complexity index is 1270. The number of hydrogen-bond acceptors (Lipinski definition) is 3. The summed E-state index contributed by atoms with van der Waals surface area (Å²) in [6, 6.07) is 20.6. The maximum atomic E-state index is 12.5. The molecule has 4 aromatic rings. The van der Waals surface area contributed by atoms with Crippen LogP contribution in [-0.2, 0) is 4.79 Å². The van der Waals surface area contributed by atoms with Gasteiger partial charge in [0.1, 0.15) is 0 Å². The Kier molecular flexibility index (Phi) is 7.11. The summed E-state index contributed by atoms with van der Waals surface area (Å²) < 4.78 is 1.95. The van der Waals surface area contributed by atoms with Gasteiger partial charge in [0.25, 0.3) is 0 Å². The fourth-order valence-electron chi connectivity index (χ4n) is 3.12. The van der Waals surface area contributed by atoms with Crippen molar-refractivity contribution in [1.82, 2.24) is 9.55 Å². The average Bonchev–Trinajstić information content (AvgIpc) is 3.20. The topological polar surface area (TPSA) is 46.9 Å². The molecule has 4 rings (SSSR count). The molecule has 0 spiro atoms. The molecule has 0 unspecified atom stereocenters. The molecule has 0 atom stereocenters. The van der Waals surface area contributed by atoms with E-state index in [0.29, 0.717) is 20.2 Å². The highest BCUT2D eigenvalue weighted by Gasteiger charge is 2.17. The Labute approximate surface area is 205 Å². The minimum atomic E-state index is -0.115. The van der Waals surface area contributed by atoms with Crippen LogP contribution in [0.4, 0.5) is 5.69 Å². The van der Waals surface area contributed by atoms with Crippen LogP contribution in [0, 0.1) is 6.92 Å². The highest BCUT2D eigenvalue weighted by molar-refractivity contribution is 7.99. The second kappa shape index (κ2) is 10.0. The number of nitrogens with zero attached hydrogens (tertiary/aromatic N) is 2. The van der Waals surface area contributed by atoms with Gasteiger partial charge in [-0.2, -0.15) is 0 Å². The van der Waals surface area contributed by atoms with Crippen molar-refractivity contribution in [3.63, 3.8) is 0 Å². The minimum Gasteiger partial charge on any atom is -0.325 e. The van der Waals surface area contributed by atoms with E-state index in [4.69, 9.17) is 34.8 Å². The minimum absolute atomic E-state index is 0.115. The van der Waals surface area contributed by atoms with E-state index in [2.05, 4.69) is 10.3 Å². The Morgan fingerprint density at radius 1 is 1.00 bits per heavy atom. The third-order valence-corrected chi connectivity index (χ3v) is 6.61. The van der Waals surface area contributed by atoms with E-state index in [0.717, 1.165) is 28.2 Å². The Hall–Kier alpha value is -2.44. The summed E-state index contributed by atoms with van der Waals surface area (Å²) in [6.45, 7) is 2.00. The molecule has 0 saturated carbocycles. The van der Waals surface area contributed by atoms with Crippen molar-refractivity contribution >= 4 is 58.2 Å². The first kappa shape index (κ1) is 22.7. The van der Waals surface area contributed by atoms with Gasteiger partial charge in [0.15, 0.2) is 5.16 Å². The first-order valence-corrected chi connectivity index (χ1v) is 11.8. The quantitative estimate of drug-likeness (QED) is 0.277. The molecular weight excluding hydrogens is 485 g/mol. The number of aromatic nitrogens is 2. The fraction of sp³-hybridized carbons (Fsp3) is 0.0833. The molecule has 4 nitrogen and oxygen atoms in total. The SMILES string of the molecule is Cc1ccc(NC(=O)CSc2ncc(-c3ccc(Cl)c(Cl)c3)n2-c2cccc(Cl)c2)cc1. The van der Waals surface area contributed by atoms with Gasteiger partial charge in [-0.3, -0.25) is 9.36 Å². The lowest BCUT2D eigenvalue weighted by molar-refractivity contribution is -0.113. The predicted molar refractivity (Wildman–Crippen MR) is 135 cm³/mol. The van der Waals surface area contributed by atoms with Crippen molar-refractivity contribution in [1.29, 1.82) is 0 Å². The van der Waals surface area contributed by atoms with Crippen LogP contribution in [0.25, 0.3) is 16.9 Å². The number of amides is 1. The van der Waals surface area contributed by atoms with Crippen LogP contribution in [0.2, 0.25) is 15.1 Å². The first-order chi connectivity index (χ1) is 15.4. The van der Waals surface area contributed by atoms with Crippen molar-refractivity contribution in [3.8, 4) is 16.9 Å². The van der Waals surface area contributed by atoms with E-state index in [1.54, 1.807) is 18.3 Å². The van der Waals surface area contributed by atoms with Gasteiger partial charge >= 0.3 is 0 Å². The molecule has 8 heteroatoms. The standard InChI is InChI=1S/C24H18Cl3N3OS/c1-15-5-8-18(9-6-15)29-23(31)14-32-24-28-13-22(16-7-10-20(26)21(27)11-16)30(24)19-4-2-3-17(25)12-19/h2-13H,14H2,1H3,(H,29,31). The maximum Gasteiger partial charge on any atom is 0.234 e. The van der Waals surface area contributed by atoms with Crippen molar-refractivity contribution in [3.05, 3.63) is 93.6 Å². The molecule has 1 amide bonds. The normalized spacial score (nSPS) is 10.9. The molecule has 0 aliphatic heterocycles. The molecule has 0 saturated heterocycles. The molecule has 3 aromatic carbocycles. The number of imidazole rings is 1. The summed E-state index contributed by atoms with van der Waals surface area (Å²) in [7, 11) is 0. The zero-order valence-corrected chi connectivity index (χ0v) is 20.1. The Morgan fingerprint density at radius 3 is 2.50 bits per heavy atom. The van der Waals surface area contributed by atoms with Crippen molar-refractivity contribution in [2.24, 2.45) is 0 Å². The number of benzene rings is 3. The van der Waals surface area contributed by atoms with Crippen LogP contribution in [0.5, 0.6) is 0 Å². The van der Waals surface area contributed by atoms with Gasteiger partial charge in [-0.1, -0.05) is 76.4 Å². The van der Waals surface area contributed by atoms with E-state index in [-0.39, 0.29) is 11.7 Å². The molecule has 0 bridgehead atoms. The first-order valence-electron chi connectivity index (χ1n) is 9.69. The summed E-state index contributed by atoms with van der Waals surface area (Å²) in [6.07, 6.45) is 1.75. The average molecular weight is 503 g/mol. The number of halogens is 3. The van der Waals surface area contributed by atoms with Gasteiger partial charge in [-0.05, 0) is 49.4 Å². The zero-order valence-electron chi connectivity index (χ0n) is 17.0. The second-order valence-electron chi connectivity index (χ2n) is 7.07. The van der Waals surface area contributed by atoms with Crippen LogP contribution in [0.1, 0.15) is 5.56 Å². The summed E-state index contributed by atoms with van der Waals surface area (Å²) in [4.78, 5) is 17.1.